The molecule has 1 aliphatic rings. The Morgan fingerprint density at radius 2 is 2.15 bits per heavy atom. The zero-order valence-corrected chi connectivity index (χ0v) is 13.0. The number of urea groups is 1. The maximum atomic E-state index is 12.3. The van der Waals surface area contributed by atoms with Gasteiger partial charge in [0.1, 0.15) is 6.04 Å². The first-order valence-corrected chi connectivity index (χ1v) is 7.26. The largest absolute Gasteiger partial charge is 0.480 e. The molecule has 6 heteroatoms. The van der Waals surface area contributed by atoms with Gasteiger partial charge in [0.15, 0.2) is 0 Å². The molecule has 1 aromatic carbocycles. The lowest BCUT2D eigenvalue weighted by Crippen LogP contribution is -2.44. The molecule has 108 valence electrons. The van der Waals surface area contributed by atoms with E-state index >= 15 is 0 Å². The number of aryl methyl sites for hydroxylation is 1. The van der Waals surface area contributed by atoms with Crippen LogP contribution < -0.4 is 5.32 Å². The van der Waals surface area contributed by atoms with Gasteiger partial charge in [-0.1, -0.05) is 13.0 Å². The van der Waals surface area contributed by atoms with Crippen LogP contribution in [-0.4, -0.2) is 34.6 Å². The number of carboxylic acids is 1. The molecule has 0 aromatic heterocycles. The lowest BCUT2D eigenvalue weighted by Gasteiger charge is -2.24. The van der Waals surface area contributed by atoms with Crippen LogP contribution >= 0.6 is 15.9 Å². The third-order valence-corrected chi connectivity index (χ3v) is 4.27. The van der Waals surface area contributed by atoms with Crippen LogP contribution in [0, 0.1) is 12.8 Å². The number of aliphatic carboxylic acids is 1. The second-order valence-electron chi connectivity index (χ2n) is 5.16. The van der Waals surface area contributed by atoms with Gasteiger partial charge in [0, 0.05) is 11.0 Å². The molecule has 0 bridgehead atoms. The average molecular weight is 341 g/mol. The summed E-state index contributed by atoms with van der Waals surface area (Å²) in [5, 5.41) is 12.0. The van der Waals surface area contributed by atoms with Gasteiger partial charge in [-0.2, -0.15) is 0 Å². The second kappa shape index (κ2) is 5.83. The van der Waals surface area contributed by atoms with Crippen molar-refractivity contribution in [2.75, 3.05) is 11.9 Å². The Balaban J connectivity index is 2.16. The van der Waals surface area contributed by atoms with Crippen molar-refractivity contribution in [3.63, 3.8) is 0 Å². The molecule has 0 radical (unpaired) electrons. The first kappa shape index (κ1) is 14.8. The second-order valence-corrected chi connectivity index (χ2v) is 6.01. The molecule has 1 heterocycles. The van der Waals surface area contributed by atoms with Gasteiger partial charge in [0.2, 0.25) is 0 Å². The molecule has 2 atom stereocenters. The number of anilines is 1. The van der Waals surface area contributed by atoms with Crippen LogP contribution in [0.15, 0.2) is 22.7 Å². The summed E-state index contributed by atoms with van der Waals surface area (Å²) in [5.74, 6) is -0.979. The summed E-state index contributed by atoms with van der Waals surface area (Å²) >= 11 is 3.37. The summed E-state index contributed by atoms with van der Waals surface area (Å²) in [4.78, 5) is 24.9. The summed E-state index contributed by atoms with van der Waals surface area (Å²) < 4.78 is 0.774. The van der Waals surface area contributed by atoms with Gasteiger partial charge in [0.05, 0.1) is 5.69 Å². The molecule has 1 aliphatic heterocycles. The van der Waals surface area contributed by atoms with E-state index in [1.165, 1.54) is 4.90 Å². The minimum atomic E-state index is -0.951. The van der Waals surface area contributed by atoms with Crippen molar-refractivity contribution in [3.05, 3.63) is 28.2 Å². The highest BCUT2D eigenvalue weighted by Crippen LogP contribution is 2.27. The van der Waals surface area contributed by atoms with E-state index in [1.54, 1.807) is 0 Å². The number of rotatable bonds is 2. The number of carbonyl (C=O) groups is 2. The van der Waals surface area contributed by atoms with Crippen molar-refractivity contribution >= 4 is 33.6 Å². The molecular formula is C14H17BrN2O3. The molecule has 1 fully saturated rings. The van der Waals surface area contributed by atoms with E-state index in [4.69, 9.17) is 0 Å². The minimum Gasteiger partial charge on any atom is -0.480 e. The Morgan fingerprint density at radius 3 is 2.80 bits per heavy atom. The minimum absolute atomic E-state index is 0.0285. The number of nitrogens with one attached hydrogen (secondary N) is 1. The number of nitrogens with zero attached hydrogens (tertiary/aromatic N) is 1. The molecular weight excluding hydrogens is 324 g/mol. The Labute approximate surface area is 126 Å². The van der Waals surface area contributed by atoms with Gasteiger partial charge in [0.25, 0.3) is 0 Å². The molecule has 1 aromatic rings. The van der Waals surface area contributed by atoms with E-state index in [0.29, 0.717) is 18.7 Å². The van der Waals surface area contributed by atoms with E-state index < -0.39 is 12.0 Å². The summed E-state index contributed by atoms with van der Waals surface area (Å²) in [7, 11) is 0. The van der Waals surface area contributed by atoms with Gasteiger partial charge in [-0.05, 0) is 52.9 Å². The van der Waals surface area contributed by atoms with Crippen LogP contribution in [0.2, 0.25) is 0 Å². The molecule has 5 nitrogen and oxygen atoms in total. The van der Waals surface area contributed by atoms with Gasteiger partial charge in [-0.3, -0.25) is 0 Å². The normalized spacial score (nSPS) is 21.9. The molecule has 0 saturated carbocycles. The average Bonchev–Trinajstić information content (AvgIpc) is 2.76. The lowest BCUT2D eigenvalue weighted by atomic mass is 10.0. The molecule has 2 rings (SSSR count). The van der Waals surface area contributed by atoms with Gasteiger partial charge < -0.3 is 15.3 Å². The van der Waals surface area contributed by atoms with Crippen molar-refractivity contribution in [1.29, 1.82) is 0 Å². The number of benzene rings is 1. The molecule has 20 heavy (non-hydrogen) atoms. The highest BCUT2D eigenvalue weighted by molar-refractivity contribution is 9.10. The van der Waals surface area contributed by atoms with Crippen LogP contribution in [0.5, 0.6) is 0 Å². The predicted molar refractivity (Wildman–Crippen MR) is 79.8 cm³/mol. The zero-order chi connectivity index (χ0) is 14.9. The molecule has 0 spiro atoms. The Kier molecular flexibility index (Phi) is 4.32. The summed E-state index contributed by atoms with van der Waals surface area (Å²) in [6.07, 6.45) is 0.708. The number of hydrogen-bond donors (Lipinski definition) is 2. The van der Waals surface area contributed by atoms with Gasteiger partial charge >= 0.3 is 12.0 Å². The van der Waals surface area contributed by atoms with E-state index in [1.807, 2.05) is 32.0 Å². The number of likely N-dealkylation sites (tertiary alicyclic amines) is 1. The number of carboxylic acid groups (broad SMARTS) is 1. The number of hydrogen-bond acceptors (Lipinski definition) is 2. The van der Waals surface area contributed by atoms with Crippen molar-refractivity contribution < 1.29 is 14.7 Å². The maximum absolute atomic E-state index is 12.3. The quantitative estimate of drug-likeness (QED) is 0.869. The molecule has 0 aliphatic carbocycles. The predicted octanol–water partition coefficient (Wildman–Crippen LogP) is 3.08. The molecule has 2 unspecified atom stereocenters. The summed E-state index contributed by atoms with van der Waals surface area (Å²) in [5.41, 5.74) is 1.67. The number of amides is 2. The summed E-state index contributed by atoms with van der Waals surface area (Å²) in [6.45, 7) is 4.25. The van der Waals surface area contributed by atoms with Crippen LogP contribution in [0.1, 0.15) is 18.9 Å². The van der Waals surface area contributed by atoms with Crippen LogP contribution in [-0.2, 0) is 4.79 Å². The standard InChI is InChI=1S/C14H17BrN2O3/c1-8-3-4-10(15)11(7-8)16-14(20)17-6-5-9(2)12(17)13(18)19/h3-4,7,9,12H,5-6H2,1-2H3,(H,16,20)(H,18,19). The maximum Gasteiger partial charge on any atom is 0.326 e. The van der Waals surface area contributed by atoms with E-state index in [-0.39, 0.29) is 11.9 Å². The monoisotopic (exact) mass is 340 g/mol. The van der Waals surface area contributed by atoms with Crippen molar-refractivity contribution in [1.82, 2.24) is 4.90 Å². The number of halogens is 1. The fraction of sp³-hybridized carbons (Fsp3) is 0.429. The van der Waals surface area contributed by atoms with Crippen molar-refractivity contribution in [3.8, 4) is 0 Å². The molecule has 2 amide bonds. The molecule has 1 saturated heterocycles. The Hall–Kier alpha value is -1.56. The fourth-order valence-electron chi connectivity index (χ4n) is 2.47. The first-order valence-electron chi connectivity index (χ1n) is 6.46. The van der Waals surface area contributed by atoms with Gasteiger partial charge in [-0.15, -0.1) is 0 Å². The lowest BCUT2D eigenvalue weighted by molar-refractivity contribution is -0.142. The van der Waals surface area contributed by atoms with Crippen LogP contribution in [0.25, 0.3) is 0 Å². The van der Waals surface area contributed by atoms with E-state index in [0.717, 1.165) is 10.0 Å². The smallest absolute Gasteiger partial charge is 0.326 e. The van der Waals surface area contributed by atoms with Gasteiger partial charge in [-0.25, -0.2) is 9.59 Å². The summed E-state index contributed by atoms with van der Waals surface area (Å²) in [6, 6.07) is 4.51. The van der Waals surface area contributed by atoms with E-state index in [2.05, 4.69) is 21.2 Å². The third kappa shape index (κ3) is 2.95. The van der Waals surface area contributed by atoms with Crippen molar-refractivity contribution in [2.24, 2.45) is 5.92 Å². The fourth-order valence-corrected chi connectivity index (χ4v) is 2.82. The van der Waals surface area contributed by atoms with Crippen LogP contribution in [0.4, 0.5) is 10.5 Å². The third-order valence-electron chi connectivity index (χ3n) is 3.58. The Morgan fingerprint density at radius 1 is 1.45 bits per heavy atom. The molecule has 2 N–H and O–H groups in total. The van der Waals surface area contributed by atoms with E-state index in [9.17, 15) is 14.7 Å². The zero-order valence-electron chi connectivity index (χ0n) is 11.4. The topological polar surface area (TPSA) is 69.6 Å². The highest BCUT2D eigenvalue weighted by atomic mass is 79.9. The van der Waals surface area contributed by atoms with Crippen molar-refractivity contribution in [2.45, 2.75) is 26.3 Å². The number of carbonyl (C=O) groups excluding carboxylic acids is 1. The Bertz CT molecular complexity index is 547. The highest BCUT2D eigenvalue weighted by Gasteiger charge is 2.39. The SMILES string of the molecule is Cc1ccc(Br)c(NC(=O)N2CCC(C)C2C(=O)O)c1. The van der Waals surface area contributed by atoms with Crippen LogP contribution in [0.3, 0.4) is 0 Å². The first-order chi connectivity index (χ1) is 9.40.